The molecule has 0 radical (unpaired) electrons. The third-order valence-electron chi connectivity index (χ3n) is 4.40. The minimum absolute atomic E-state index is 0.355. The van der Waals surface area contributed by atoms with Crippen molar-refractivity contribution in [3.05, 3.63) is 11.3 Å². The highest BCUT2D eigenvalue weighted by atomic mass is 28.3. The maximum Gasteiger partial charge on any atom is 0.155 e. The van der Waals surface area contributed by atoms with Gasteiger partial charge in [0.05, 0.1) is 8.07 Å². The molecule has 16 heavy (non-hydrogen) atoms. The van der Waals surface area contributed by atoms with Crippen LogP contribution in [0.2, 0.25) is 16.6 Å². The molecule has 0 atom stereocenters. The van der Waals surface area contributed by atoms with Crippen LogP contribution in [0, 0.1) is 0 Å². The van der Waals surface area contributed by atoms with E-state index < -0.39 is 8.07 Å². The average molecular weight is 238 g/mol. The van der Waals surface area contributed by atoms with E-state index in [-0.39, 0.29) is 0 Å². The summed E-state index contributed by atoms with van der Waals surface area (Å²) in [5, 5.41) is 1.54. The Hall–Kier alpha value is -0.373. The van der Waals surface area contributed by atoms with E-state index in [4.69, 9.17) is 0 Å². The third kappa shape index (κ3) is 2.04. The van der Waals surface area contributed by atoms with E-state index in [1.165, 1.54) is 5.20 Å². The van der Waals surface area contributed by atoms with Crippen LogP contribution >= 0.6 is 0 Å². The van der Waals surface area contributed by atoms with Gasteiger partial charge in [-0.05, 0) is 29.1 Å². The predicted molar refractivity (Wildman–Crippen MR) is 73.4 cm³/mol. The van der Waals surface area contributed by atoms with Crippen LogP contribution in [0.5, 0.6) is 0 Å². The Bertz CT molecular complexity index is 278. The Morgan fingerprint density at radius 3 is 1.62 bits per heavy atom. The molecule has 1 nitrogen and oxygen atoms in total. The van der Waals surface area contributed by atoms with Crippen LogP contribution in [0.3, 0.4) is 0 Å². The van der Waals surface area contributed by atoms with E-state index in [1.807, 2.05) is 6.08 Å². The first-order valence-corrected chi connectivity index (χ1v) is 8.80. The Balaban J connectivity index is 3.22. The number of ketones is 1. The number of carbonyl (C=O) groups excluding carboxylic acids is 1. The molecule has 1 aliphatic carbocycles. The average Bonchev–Trinajstić information content (AvgIpc) is 2.50. The zero-order chi connectivity index (χ0) is 12.5. The topological polar surface area (TPSA) is 17.1 Å². The molecule has 0 spiro atoms. The van der Waals surface area contributed by atoms with Crippen LogP contribution in [0.15, 0.2) is 11.3 Å². The molecular weight excluding hydrogens is 212 g/mol. The van der Waals surface area contributed by atoms with Crippen molar-refractivity contribution in [3.63, 3.8) is 0 Å². The number of hydrogen-bond acceptors (Lipinski definition) is 1. The van der Waals surface area contributed by atoms with Gasteiger partial charge in [-0.3, -0.25) is 4.79 Å². The van der Waals surface area contributed by atoms with Gasteiger partial charge in [0, 0.05) is 6.42 Å². The summed E-state index contributed by atoms with van der Waals surface area (Å²) in [5.74, 6) is 0.355. The van der Waals surface area contributed by atoms with Crippen molar-refractivity contribution < 1.29 is 4.79 Å². The highest BCUT2D eigenvalue weighted by Gasteiger charge is 2.46. The van der Waals surface area contributed by atoms with Crippen molar-refractivity contribution in [3.8, 4) is 0 Å². The van der Waals surface area contributed by atoms with Crippen LogP contribution in [-0.2, 0) is 4.79 Å². The van der Waals surface area contributed by atoms with Crippen molar-refractivity contribution in [2.45, 2.75) is 71.0 Å². The first kappa shape index (κ1) is 13.7. The molecule has 92 valence electrons. The fourth-order valence-electron chi connectivity index (χ4n) is 4.05. The normalized spacial score (nSPS) is 17.8. The second-order valence-electron chi connectivity index (χ2n) is 6.03. The molecule has 0 unspecified atom stereocenters. The lowest BCUT2D eigenvalue weighted by Gasteiger charge is -2.44. The summed E-state index contributed by atoms with van der Waals surface area (Å²) in [6.45, 7) is 14.1. The Morgan fingerprint density at radius 1 is 0.938 bits per heavy atom. The van der Waals surface area contributed by atoms with Crippen LogP contribution < -0.4 is 0 Å². The standard InChI is InChI=1S/C14H26OSi/c1-10(2)16(11(3)4,12(5)6)14-8-7-13(15)9-14/h9-12H,7-8H2,1-6H3. The fraction of sp³-hybridized carbons (Fsp3) is 0.786. The second kappa shape index (κ2) is 4.87. The van der Waals surface area contributed by atoms with Crippen molar-refractivity contribution >= 4 is 13.9 Å². The monoisotopic (exact) mass is 238 g/mol. The van der Waals surface area contributed by atoms with E-state index in [0.717, 1.165) is 29.5 Å². The first-order valence-electron chi connectivity index (χ1n) is 6.57. The van der Waals surface area contributed by atoms with Gasteiger partial charge in [0.15, 0.2) is 5.78 Å². The second-order valence-corrected chi connectivity index (χ2v) is 12.0. The van der Waals surface area contributed by atoms with Gasteiger partial charge in [0.2, 0.25) is 0 Å². The summed E-state index contributed by atoms with van der Waals surface area (Å²) in [6.07, 6.45) is 3.79. The van der Waals surface area contributed by atoms with E-state index in [2.05, 4.69) is 41.5 Å². The molecule has 0 fully saturated rings. The van der Waals surface area contributed by atoms with Gasteiger partial charge in [-0.25, -0.2) is 0 Å². The number of rotatable bonds is 4. The molecule has 0 N–H and O–H groups in total. The maximum absolute atomic E-state index is 11.5. The van der Waals surface area contributed by atoms with Crippen LogP contribution in [-0.4, -0.2) is 13.9 Å². The van der Waals surface area contributed by atoms with Gasteiger partial charge >= 0.3 is 0 Å². The number of carbonyl (C=O) groups is 1. The summed E-state index contributed by atoms with van der Waals surface area (Å²) in [7, 11) is -1.50. The van der Waals surface area contributed by atoms with Gasteiger partial charge < -0.3 is 0 Å². The lowest BCUT2D eigenvalue weighted by atomic mass is 10.3. The smallest absolute Gasteiger partial charge is 0.155 e. The summed E-state index contributed by atoms with van der Waals surface area (Å²) >= 11 is 0. The van der Waals surface area contributed by atoms with Crippen molar-refractivity contribution in [1.29, 1.82) is 0 Å². The molecule has 2 heteroatoms. The van der Waals surface area contributed by atoms with Crippen LogP contribution in [0.1, 0.15) is 54.4 Å². The molecule has 0 aromatic heterocycles. The van der Waals surface area contributed by atoms with Gasteiger partial charge in [0.1, 0.15) is 0 Å². The molecule has 0 bridgehead atoms. The summed E-state index contributed by atoms with van der Waals surface area (Å²) in [4.78, 5) is 11.5. The van der Waals surface area contributed by atoms with E-state index in [1.54, 1.807) is 0 Å². The van der Waals surface area contributed by atoms with E-state index in [0.29, 0.717) is 5.78 Å². The van der Waals surface area contributed by atoms with Crippen molar-refractivity contribution in [2.75, 3.05) is 0 Å². The van der Waals surface area contributed by atoms with Crippen molar-refractivity contribution in [2.24, 2.45) is 0 Å². The maximum atomic E-state index is 11.5. The SMILES string of the molecule is CC(C)[Si](C1=CC(=O)CC1)(C(C)C)C(C)C. The number of allylic oxidation sites excluding steroid dienone is 2. The molecule has 0 aliphatic heterocycles. The molecular formula is C14H26OSi. The first-order chi connectivity index (χ1) is 7.33. The van der Waals surface area contributed by atoms with E-state index in [9.17, 15) is 4.79 Å². The lowest BCUT2D eigenvalue weighted by Crippen LogP contribution is -2.46. The summed E-state index contributed by atoms with van der Waals surface area (Å²) in [5.41, 5.74) is 2.18. The molecule has 1 rings (SSSR count). The predicted octanol–water partition coefficient (Wildman–Crippen LogP) is 4.49. The Kier molecular flexibility index (Phi) is 4.16. The van der Waals surface area contributed by atoms with Gasteiger partial charge in [-0.2, -0.15) is 0 Å². The fourth-order valence-corrected chi connectivity index (χ4v) is 11.2. The molecule has 0 heterocycles. The zero-order valence-electron chi connectivity index (χ0n) is 11.6. The molecule has 0 aromatic carbocycles. The molecule has 0 saturated heterocycles. The lowest BCUT2D eigenvalue weighted by molar-refractivity contribution is -0.114. The quantitative estimate of drug-likeness (QED) is 0.659. The highest BCUT2D eigenvalue weighted by molar-refractivity contribution is 6.90. The minimum atomic E-state index is -1.50. The zero-order valence-corrected chi connectivity index (χ0v) is 12.6. The van der Waals surface area contributed by atoms with Gasteiger partial charge in [0.25, 0.3) is 0 Å². The Labute approximate surface area is 101 Å². The summed E-state index contributed by atoms with van der Waals surface area (Å²) < 4.78 is 0. The molecule has 0 aromatic rings. The third-order valence-corrected chi connectivity index (χ3v) is 11.6. The van der Waals surface area contributed by atoms with Crippen molar-refractivity contribution in [1.82, 2.24) is 0 Å². The summed E-state index contributed by atoms with van der Waals surface area (Å²) in [6, 6.07) is 0. The Morgan fingerprint density at radius 2 is 1.38 bits per heavy atom. The number of hydrogen-bond donors (Lipinski definition) is 0. The molecule has 0 saturated carbocycles. The largest absolute Gasteiger partial charge is 0.295 e. The minimum Gasteiger partial charge on any atom is -0.295 e. The van der Waals surface area contributed by atoms with Crippen LogP contribution in [0.4, 0.5) is 0 Å². The highest BCUT2D eigenvalue weighted by Crippen LogP contribution is 2.48. The van der Waals surface area contributed by atoms with Gasteiger partial charge in [-0.15, -0.1) is 0 Å². The van der Waals surface area contributed by atoms with Crippen LogP contribution in [0.25, 0.3) is 0 Å². The molecule has 1 aliphatic rings. The molecule has 0 amide bonds. The van der Waals surface area contributed by atoms with Gasteiger partial charge in [-0.1, -0.05) is 46.7 Å². The van der Waals surface area contributed by atoms with E-state index >= 15 is 0 Å².